The Balaban J connectivity index is 0.893. The summed E-state index contributed by atoms with van der Waals surface area (Å²) in [5.74, 6) is -3.99. The third-order valence-electron chi connectivity index (χ3n) is 26.6. The minimum atomic E-state index is -2.72. The first kappa shape index (κ1) is 116. The normalized spacial score (nSPS) is 50.9. The van der Waals surface area contributed by atoms with Crippen molar-refractivity contribution in [2.24, 2.45) is 0 Å². The summed E-state index contributed by atoms with van der Waals surface area (Å²) in [5.41, 5.74) is 0. The second-order valence-electron chi connectivity index (χ2n) is 36.6. The average molecular weight is 2080 g/mol. The molecule has 822 valence electrons. The molecule has 12 aliphatic rings. The van der Waals surface area contributed by atoms with E-state index in [0.717, 1.165) is 27.7 Å². The molecular formula is C80H134N4O58. The highest BCUT2D eigenvalue weighted by atomic mass is 16.8. The highest BCUT2D eigenvalue weighted by Crippen LogP contribution is 2.43. The minimum Gasteiger partial charge on any atom is -0.394 e. The lowest BCUT2D eigenvalue weighted by atomic mass is 9.93. The molecular weight excluding hydrogens is 1940 g/mol. The third-order valence-corrected chi connectivity index (χ3v) is 26.6. The topological polar surface area (TPSA) is 956 Å². The van der Waals surface area contributed by atoms with Crippen LogP contribution in [0.3, 0.4) is 0 Å². The number of hydrogen-bond donors (Lipinski definition) is 35. The maximum Gasteiger partial charge on any atom is 0.217 e. The van der Waals surface area contributed by atoms with Crippen molar-refractivity contribution >= 4 is 23.6 Å². The summed E-state index contributed by atoms with van der Waals surface area (Å²) >= 11 is 0. The number of nitrogens with one attached hydrogen (secondary N) is 4. The maximum absolute atomic E-state index is 13.5. The third kappa shape index (κ3) is 25.4. The average Bonchev–Trinajstić information content (AvgIpc) is 0.720. The number of hydrogen-bond acceptors (Lipinski definition) is 58. The van der Waals surface area contributed by atoms with Crippen LogP contribution in [-0.2, 0) is 128 Å². The number of rotatable bonds is 35. The molecule has 62 nitrogen and oxygen atoms in total. The van der Waals surface area contributed by atoms with Crippen LogP contribution in [0.1, 0.15) is 48.5 Å². The van der Waals surface area contributed by atoms with Gasteiger partial charge in [-0.3, -0.25) is 19.2 Å². The lowest BCUT2D eigenvalue weighted by Gasteiger charge is -2.51. The quantitative estimate of drug-likeness (QED) is 0.0280. The van der Waals surface area contributed by atoms with Crippen LogP contribution in [0.5, 0.6) is 0 Å². The zero-order valence-corrected chi connectivity index (χ0v) is 76.9. The maximum atomic E-state index is 13.5. The highest BCUT2D eigenvalue weighted by molar-refractivity contribution is 5.74. The predicted molar refractivity (Wildman–Crippen MR) is 437 cm³/mol. The van der Waals surface area contributed by atoms with Crippen molar-refractivity contribution in [2.45, 2.75) is 417 Å². The van der Waals surface area contributed by atoms with Crippen LogP contribution in [0, 0.1) is 0 Å². The fourth-order valence-electron chi connectivity index (χ4n) is 18.6. The van der Waals surface area contributed by atoms with E-state index in [4.69, 9.17) is 109 Å². The summed E-state index contributed by atoms with van der Waals surface area (Å²) in [5, 5.41) is 361. The molecule has 142 heavy (non-hydrogen) atoms. The molecule has 60 unspecified atom stereocenters. The first-order valence-electron chi connectivity index (χ1n) is 45.7. The number of aliphatic hydroxyl groups is 31. The standard InChI is InChI=1S/C80H134N4O58/c1-17-37(96)49(108)56(115)73(122-17)120-16-32-61(47(106)33(69(119)125-32)81-20(4)92)134-70-34(82-21(5)93)48(107)60(30(14-91)132-70)135-76-59(118)64(138-80-66(53(112)41(100)27(11-88)131-80)140-72-36(84-23(7)95)63(45(104)29(13-90)127-72)137-79-68(55(114)43(102)26(10-87)130-79)142-75-58(117)51(110)39(98)19(3)124-75)46(105)31(133-76)15-121-77-65(52(111)40(99)24(8-85)128-77)139-71-35(83-22(6)94)62(44(103)28(12-89)126-71)136-78-67(54(113)42(101)25(9-86)129-78)141-74-57(116)50(109)38(97)18(2)123-74/h17-19,24-80,85-91,96-119H,8-16H2,1-7H3,(H,81,92)(H,82,93)(H,83,94)(H,84,95). The molecule has 12 heterocycles. The zero-order valence-electron chi connectivity index (χ0n) is 76.9. The van der Waals surface area contributed by atoms with Gasteiger partial charge in [0.25, 0.3) is 0 Å². The lowest BCUT2D eigenvalue weighted by molar-refractivity contribution is -0.401. The van der Waals surface area contributed by atoms with E-state index in [2.05, 4.69) is 21.3 Å². The first-order chi connectivity index (χ1) is 67.1. The minimum absolute atomic E-state index is 0.872. The van der Waals surface area contributed by atoms with Crippen LogP contribution in [-0.4, -0.2) is 610 Å². The lowest BCUT2D eigenvalue weighted by Crippen LogP contribution is -2.71. The van der Waals surface area contributed by atoms with Gasteiger partial charge in [-0.25, -0.2) is 0 Å². The molecule has 4 amide bonds. The number of carbonyl (C=O) groups excluding carboxylic acids is 4. The molecule has 0 aliphatic carbocycles. The first-order valence-corrected chi connectivity index (χ1v) is 45.7. The number of carbonyl (C=O) groups is 4. The van der Waals surface area contributed by atoms with Crippen LogP contribution in [0.2, 0.25) is 0 Å². The van der Waals surface area contributed by atoms with Gasteiger partial charge in [0.15, 0.2) is 75.5 Å². The van der Waals surface area contributed by atoms with E-state index in [-0.39, 0.29) is 0 Å². The summed E-state index contributed by atoms with van der Waals surface area (Å²) in [6.07, 6.45) is -118. The van der Waals surface area contributed by atoms with Crippen LogP contribution in [0.15, 0.2) is 0 Å². The summed E-state index contributed by atoms with van der Waals surface area (Å²) in [7, 11) is 0. The van der Waals surface area contributed by atoms with Gasteiger partial charge < -0.3 is 289 Å². The van der Waals surface area contributed by atoms with Gasteiger partial charge in [-0.05, 0) is 20.8 Å². The van der Waals surface area contributed by atoms with E-state index in [1.165, 1.54) is 20.8 Å². The van der Waals surface area contributed by atoms with E-state index in [1.807, 2.05) is 0 Å². The molecule has 0 aromatic heterocycles. The molecule has 0 radical (unpaired) electrons. The number of amides is 4. The summed E-state index contributed by atoms with van der Waals surface area (Å²) < 4.78 is 138. The Morgan fingerprint density at radius 1 is 0.197 bits per heavy atom. The van der Waals surface area contributed by atoms with Crippen molar-refractivity contribution in [1.29, 1.82) is 0 Å². The van der Waals surface area contributed by atoms with Crippen molar-refractivity contribution in [3.05, 3.63) is 0 Å². The summed E-state index contributed by atoms with van der Waals surface area (Å²) in [6.45, 7) is -3.24. The Morgan fingerprint density at radius 2 is 0.444 bits per heavy atom. The second-order valence-corrected chi connectivity index (χ2v) is 36.6. The van der Waals surface area contributed by atoms with Gasteiger partial charge in [0.2, 0.25) is 23.6 Å². The highest BCUT2D eigenvalue weighted by Gasteiger charge is 2.64. The SMILES string of the molecule is CC(=O)NC1C(O)OC(COC2OC(C)C(O)C(O)C2O)C(OC2OC(CO)C(OC3OC(COC4OC(CO)C(O)C(O)C4OC4OC(CO)C(O)C(OC5OC(CO)C(O)C(O)C5OC5OC(C)C(O)C(O)C5O)C4NC(C)=O)C(O)C(OC4OC(CO)C(O)C(O)C4OC4OC(CO)C(O)C(OC5OC(CO)C(O)C(O)C5OC5OC(C)C(O)C(O)C5O)C4NC(C)=O)C3O)C(O)C2NC(C)=O)C1O. The molecule has 0 aromatic carbocycles. The predicted octanol–water partition coefficient (Wildman–Crippen LogP) is -23.5. The van der Waals surface area contributed by atoms with Crippen LogP contribution < -0.4 is 21.3 Å². The molecule has 0 bridgehead atoms. The smallest absolute Gasteiger partial charge is 0.217 e. The van der Waals surface area contributed by atoms with Gasteiger partial charge in [0.05, 0.1) is 77.8 Å². The van der Waals surface area contributed by atoms with E-state index in [1.54, 1.807) is 0 Å². The molecule has 0 saturated carbocycles. The Morgan fingerprint density at radius 3 is 0.831 bits per heavy atom. The molecule has 62 heteroatoms. The largest absolute Gasteiger partial charge is 0.394 e. The van der Waals surface area contributed by atoms with E-state index >= 15 is 0 Å². The Bertz CT molecular complexity index is 3940. The van der Waals surface area contributed by atoms with Crippen LogP contribution in [0.25, 0.3) is 0 Å². The van der Waals surface area contributed by atoms with Gasteiger partial charge in [0.1, 0.15) is 274 Å². The molecule has 60 atom stereocenters. The summed E-state index contributed by atoms with van der Waals surface area (Å²) in [4.78, 5) is 53.0. The Kier molecular flexibility index (Phi) is 41.2. The molecule has 0 aromatic rings. The van der Waals surface area contributed by atoms with Crippen molar-refractivity contribution in [2.75, 3.05) is 59.5 Å². The van der Waals surface area contributed by atoms with Crippen LogP contribution in [0.4, 0.5) is 0 Å². The fraction of sp³-hybridized carbons (Fsp3) is 0.950. The molecule has 35 N–H and O–H groups in total. The molecule has 12 saturated heterocycles. The van der Waals surface area contributed by atoms with Crippen molar-refractivity contribution in [3.8, 4) is 0 Å². The zero-order chi connectivity index (χ0) is 104. The van der Waals surface area contributed by atoms with Gasteiger partial charge in [-0.1, -0.05) is 0 Å². The second kappa shape index (κ2) is 50.3. The number of ether oxygens (including phenoxy) is 23. The van der Waals surface area contributed by atoms with E-state index in [9.17, 15) is 177 Å². The molecule has 12 aliphatic heterocycles. The van der Waals surface area contributed by atoms with Gasteiger partial charge in [-0.15, -0.1) is 0 Å². The fourth-order valence-corrected chi connectivity index (χ4v) is 18.6. The van der Waals surface area contributed by atoms with Crippen molar-refractivity contribution < 1.29 is 286 Å². The summed E-state index contributed by atoms with van der Waals surface area (Å²) in [6, 6.07) is -8.05. The molecule has 12 fully saturated rings. The molecule has 0 spiro atoms. The van der Waals surface area contributed by atoms with Gasteiger partial charge in [-0.2, -0.15) is 0 Å². The van der Waals surface area contributed by atoms with Crippen molar-refractivity contribution in [3.63, 3.8) is 0 Å². The van der Waals surface area contributed by atoms with Gasteiger partial charge in [0, 0.05) is 27.7 Å². The molecule has 12 rings (SSSR count). The van der Waals surface area contributed by atoms with Crippen molar-refractivity contribution in [1.82, 2.24) is 21.3 Å². The van der Waals surface area contributed by atoms with Crippen LogP contribution >= 0.6 is 0 Å². The van der Waals surface area contributed by atoms with E-state index < -0.39 is 451 Å². The Labute approximate surface area is 805 Å². The Hall–Kier alpha value is -4.28. The van der Waals surface area contributed by atoms with E-state index in [0.29, 0.717) is 0 Å². The number of aliphatic hydroxyl groups excluding tert-OH is 31. The van der Waals surface area contributed by atoms with Gasteiger partial charge >= 0.3 is 0 Å². The monoisotopic (exact) mass is 2080 g/mol.